The van der Waals surface area contributed by atoms with Crippen molar-refractivity contribution in [2.24, 2.45) is 5.92 Å². The van der Waals surface area contributed by atoms with Gasteiger partial charge in [0.25, 0.3) is 0 Å². The van der Waals surface area contributed by atoms with E-state index < -0.39 is 0 Å². The van der Waals surface area contributed by atoms with Crippen LogP contribution in [-0.2, 0) is 9.59 Å². The first-order chi connectivity index (χ1) is 7.66. The van der Waals surface area contributed by atoms with Crippen molar-refractivity contribution in [3.8, 4) is 0 Å². The molecule has 2 rings (SSSR count). The fraction of sp³-hybridized carbons (Fsp3) is 0.818. The van der Waals surface area contributed by atoms with E-state index in [1.54, 1.807) is 0 Å². The lowest BCUT2D eigenvalue weighted by Crippen LogP contribution is -2.49. The maximum absolute atomic E-state index is 12.0. The van der Waals surface area contributed by atoms with E-state index in [9.17, 15) is 9.59 Å². The van der Waals surface area contributed by atoms with Crippen LogP contribution in [0.1, 0.15) is 26.2 Å². The molecule has 90 valence electrons. The first-order valence-electron chi connectivity index (χ1n) is 5.97. The lowest BCUT2D eigenvalue weighted by atomic mass is 9.91. The maximum atomic E-state index is 12.0. The first kappa shape index (κ1) is 11.4. The molecule has 3 unspecified atom stereocenters. The lowest BCUT2D eigenvalue weighted by Gasteiger charge is -2.29. The van der Waals surface area contributed by atoms with Gasteiger partial charge in [-0.25, -0.2) is 0 Å². The highest BCUT2D eigenvalue weighted by Gasteiger charge is 2.30. The number of hydrogen-bond donors (Lipinski definition) is 3. The van der Waals surface area contributed by atoms with Crippen LogP contribution in [0.3, 0.4) is 0 Å². The third kappa shape index (κ3) is 2.52. The summed E-state index contributed by atoms with van der Waals surface area (Å²) in [5, 5.41) is 8.97. The third-order valence-electron chi connectivity index (χ3n) is 3.42. The summed E-state index contributed by atoms with van der Waals surface area (Å²) < 4.78 is 0. The highest BCUT2D eigenvalue weighted by atomic mass is 16.2. The summed E-state index contributed by atoms with van der Waals surface area (Å²) >= 11 is 0. The van der Waals surface area contributed by atoms with E-state index in [-0.39, 0.29) is 29.8 Å². The minimum Gasteiger partial charge on any atom is -0.354 e. The minimum atomic E-state index is -0.0193. The van der Waals surface area contributed by atoms with Gasteiger partial charge in [-0.3, -0.25) is 9.59 Å². The molecule has 2 aliphatic heterocycles. The summed E-state index contributed by atoms with van der Waals surface area (Å²) in [7, 11) is 0. The summed E-state index contributed by atoms with van der Waals surface area (Å²) in [4.78, 5) is 23.0. The van der Waals surface area contributed by atoms with E-state index in [0.717, 1.165) is 19.4 Å². The van der Waals surface area contributed by atoms with E-state index >= 15 is 0 Å². The monoisotopic (exact) mass is 225 g/mol. The van der Waals surface area contributed by atoms with Gasteiger partial charge >= 0.3 is 0 Å². The quantitative estimate of drug-likeness (QED) is 0.586. The van der Waals surface area contributed by atoms with Crippen LogP contribution in [0.4, 0.5) is 0 Å². The Bertz CT molecular complexity index is 293. The van der Waals surface area contributed by atoms with Crippen LogP contribution in [-0.4, -0.2) is 37.0 Å². The van der Waals surface area contributed by atoms with Crippen molar-refractivity contribution in [1.29, 1.82) is 0 Å². The average Bonchev–Trinajstić information content (AvgIpc) is 2.64. The predicted octanol–water partition coefficient (Wildman–Crippen LogP) is -0.621. The van der Waals surface area contributed by atoms with Gasteiger partial charge in [-0.05, 0) is 26.3 Å². The van der Waals surface area contributed by atoms with Gasteiger partial charge in [0.15, 0.2) is 0 Å². The zero-order chi connectivity index (χ0) is 11.5. The molecule has 0 saturated carbocycles. The van der Waals surface area contributed by atoms with Crippen molar-refractivity contribution in [2.45, 2.75) is 38.3 Å². The number of piperidine rings is 1. The third-order valence-corrected chi connectivity index (χ3v) is 3.42. The summed E-state index contributed by atoms with van der Waals surface area (Å²) in [5.41, 5.74) is 0. The van der Waals surface area contributed by atoms with Gasteiger partial charge in [0.2, 0.25) is 11.8 Å². The second-order valence-electron chi connectivity index (χ2n) is 4.71. The number of carbonyl (C=O) groups is 2. The highest BCUT2D eigenvalue weighted by molar-refractivity contribution is 5.83. The molecule has 0 aromatic carbocycles. The molecular weight excluding hydrogens is 206 g/mol. The Balaban J connectivity index is 1.84. The van der Waals surface area contributed by atoms with Gasteiger partial charge in [0.1, 0.15) is 0 Å². The van der Waals surface area contributed by atoms with Crippen LogP contribution in [0.2, 0.25) is 0 Å². The Labute approximate surface area is 95.3 Å². The van der Waals surface area contributed by atoms with Gasteiger partial charge in [-0.15, -0.1) is 0 Å². The Hall–Kier alpha value is -1.10. The van der Waals surface area contributed by atoms with E-state index in [4.69, 9.17) is 0 Å². The van der Waals surface area contributed by atoms with E-state index in [1.807, 2.05) is 6.92 Å². The van der Waals surface area contributed by atoms with Gasteiger partial charge in [-0.2, -0.15) is 0 Å². The van der Waals surface area contributed by atoms with Crippen molar-refractivity contribution in [2.75, 3.05) is 13.1 Å². The fourth-order valence-electron chi connectivity index (χ4n) is 2.42. The van der Waals surface area contributed by atoms with Gasteiger partial charge < -0.3 is 16.0 Å². The average molecular weight is 225 g/mol. The van der Waals surface area contributed by atoms with Crippen molar-refractivity contribution < 1.29 is 9.59 Å². The molecule has 3 atom stereocenters. The molecule has 2 heterocycles. The molecule has 2 saturated heterocycles. The molecule has 0 aromatic heterocycles. The summed E-state index contributed by atoms with van der Waals surface area (Å²) in [6.45, 7) is 3.61. The van der Waals surface area contributed by atoms with Crippen LogP contribution < -0.4 is 16.0 Å². The number of rotatable bonds is 2. The van der Waals surface area contributed by atoms with Crippen molar-refractivity contribution in [3.05, 3.63) is 0 Å². The Kier molecular flexibility index (Phi) is 3.43. The second kappa shape index (κ2) is 4.82. The smallest absolute Gasteiger partial charge is 0.224 e. The van der Waals surface area contributed by atoms with Crippen LogP contribution in [0.25, 0.3) is 0 Å². The van der Waals surface area contributed by atoms with Crippen LogP contribution in [0.15, 0.2) is 0 Å². The van der Waals surface area contributed by atoms with Crippen LogP contribution >= 0.6 is 0 Å². The largest absolute Gasteiger partial charge is 0.354 e. The molecule has 0 aliphatic carbocycles. The SMILES string of the molecule is CC1NCCCC1C(=O)NC1CNC(=O)C1. The highest BCUT2D eigenvalue weighted by Crippen LogP contribution is 2.16. The molecule has 2 fully saturated rings. The lowest BCUT2D eigenvalue weighted by molar-refractivity contribution is -0.127. The predicted molar refractivity (Wildman–Crippen MR) is 59.7 cm³/mol. The number of nitrogens with one attached hydrogen (secondary N) is 3. The summed E-state index contributed by atoms with van der Waals surface area (Å²) in [5.74, 6) is 0.158. The zero-order valence-corrected chi connectivity index (χ0v) is 9.58. The van der Waals surface area contributed by atoms with Crippen molar-refractivity contribution in [3.63, 3.8) is 0 Å². The van der Waals surface area contributed by atoms with Gasteiger partial charge in [-0.1, -0.05) is 0 Å². The van der Waals surface area contributed by atoms with Crippen LogP contribution in [0.5, 0.6) is 0 Å². The number of carbonyl (C=O) groups excluding carboxylic acids is 2. The first-order valence-corrected chi connectivity index (χ1v) is 5.97. The van der Waals surface area contributed by atoms with Gasteiger partial charge in [0, 0.05) is 19.0 Å². The Morgan fingerprint density at radius 1 is 1.50 bits per heavy atom. The Morgan fingerprint density at radius 3 is 2.94 bits per heavy atom. The second-order valence-corrected chi connectivity index (χ2v) is 4.71. The minimum absolute atomic E-state index is 0.0193. The molecule has 5 nitrogen and oxygen atoms in total. The molecule has 16 heavy (non-hydrogen) atoms. The molecule has 0 spiro atoms. The van der Waals surface area contributed by atoms with E-state index in [0.29, 0.717) is 13.0 Å². The van der Waals surface area contributed by atoms with Crippen molar-refractivity contribution in [1.82, 2.24) is 16.0 Å². The van der Waals surface area contributed by atoms with E-state index in [2.05, 4.69) is 16.0 Å². The molecule has 3 N–H and O–H groups in total. The molecule has 2 aliphatic rings. The standard InChI is InChI=1S/C11H19N3O2/c1-7-9(3-2-4-12-7)11(16)14-8-5-10(15)13-6-8/h7-9,12H,2-6H2,1H3,(H,13,15)(H,14,16). The fourth-order valence-corrected chi connectivity index (χ4v) is 2.42. The molecule has 0 radical (unpaired) electrons. The number of hydrogen-bond acceptors (Lipinski definition) is 3. The topological polar surface area (TPSA) is 70.2 Å². The maximum Gasteiger partial charge on any atom is 0.224 e. The summed E-state index contributed by atoms with van der Waals surface area (Å²) in [6, 6.07) is 0.216. The van der Waals surface area contributed by atoms with Crippen LogP contribution in [0, 0.1) is 5.92 Å². The molecular formula is C11H19N3O2. The normalized spacial score (nSPS) is 34.6. The van der Waals surface area contributed by atoms with Crippen molar-refractivity contribution >= 4 is 11.8 Å². The zero-order valence-electron chi connectivity index (χ0n) is 9.58. The Morgan fingerprint density at radius 2 is 2.31 bits per heavy atom. The molecule has 0 aromatic rings. The number of amides is 2. The molecule has 5 heteroatoms. The summed E-state index contributed by atoms with van der Waals surface area (Å²) in [6.07, 6.45) is 2.40. The van der Waals surface area contributed by atoms with E-state index in [1.165, 1.54) is 0 Å². The van der Waals surface area contributed by atoms with Gasteiger partial charge in [0.05, 0.1) is 12.0 Å². The molecule has 2 amide bonds. The molecule has 0 bridgehead atoms.